The van der Waals surface area contributed by atoms with Gasteiger partial charge in [-0.2, -0.15) is 0 Å². The second-order valence-electron chi connectivity index (χ2n) is 24.7. The van der Waals surface area contributed by atoms with Gasteiger partial charge >= 0.3 is 13.8 Å². The van der Waals surface area contributed by atoms with Crippen molar-refractivity contribution in [2.24, 2.45) is 0 Å². The molecule has 0 heterocycles. The number of nitrogens with zero attached hydrogens (tertiary/aromatic N) is 1. The van der Waals surface area contributed by atoms with Gasteiger partial charge in [-0.05, 0) is 122 Å². The molecule has 10 heteroatoms. The molecule has 0 aromatic carbocycles. The number of rotatable bonds is 63. The number of hydrogen-bond donors (Lipinski definition) is 2. The number of esters is 1. The van der Waals surface area contributed by atoms with E-state index in [4.69, 9.17) is 13.8 Å². The number of phosphoric acid groups is 1. The quantitative estimate of drug-likeness (QED) is 0.0205. The Hall–Kier alpha value is -3.59. The third kappa shape index (κ3) is 64.9. The molecule has 0 fully saturated rings. The predicted octanol–water partition coefficient (Wildman–Crippen LogP) is 22.6. The normalized spacial score (nSPS) is 14.3. The molecule has 1 amide bonds. The number of carbonyl (C=O) groups is 2. The molecule has 0 aromatic heterocycles. The first-order chi connectivity index (χ1) is 41.9. The van der Waals surface area contributed by atoms with E-state index in [2.05, 4.69) is 135 Å². The molecular formula is C76H134N2O7P+. The highest BCUT2D eigenvalue weighted by Gasteiger charge is 2.30. The topological polar surface area (TPSA) is 111 Å². The van der Waals surface area contributed by atoms with Gasteiger partial charge in [0, 0.05) is 12.8 Å². The van der Waals surface area contributed by atoms with Gasteiger partial charge in [0.05, 0.1) is 33.8 Å². The first-order valence-corrected chi connectivity index (χ1v) is 36.9. The number of phosphoric ester groups is 1. The number of carbonyl (C=O) groups excluding carboxylic acids is 2. The van der Waals surface area contributed by atoms with Crippen LogP contribution in [0.15, 0.2) is 122 Å². The largest absolute Gasteiger partial charge is 0.472 e. The van der Waals surface area contributed by atoms with E-state index < -0.39 is 20.0 Å². The van der Waals surface area contributed by atoms with Gasteiger partial charge in [-0.3, -0.25) is 18.6 Å². The fourth-order valence-electron chi connectivity index (χ4n) is 9.72. The minimum Gasteiger partial charge on any atom is -0.456 e. The first kappa shape index (κ1) is 82.4. The molecular weight excluding hydrogens is 1080 g/mol. The van der Waals surface area contributed by atoms with Gasteiger partial charge in [0.15, 0.2) is 0 Å². The van der Waals surface area contributed by atoms with Crippen molar-refractivity contribution in [1.82, 2.24) is 5.32 Å². The number of unbranched alkanes of at least 4 members (excludes halogenated alkanes) is 29. The molecule has 86 heavy (non-hydrogen) atoms. The number of nitrogens with one attached hydrogen (secondary N) is 1. The van der Waals surface area contributed by atoms with Crippen LogP contribution in [0.4, 0.5) is 0 Å². The van der Waals surface area contributed by atoms with Gasteiger partial charge in [0.2, 0.25) is 5.91 Å². The van der Waals surface area contributed by atoms with Crippen LogP contribution in [0.25, 0.3) is 0 Å². The maximum atomic E-state index is 13.6. The van der Waals surface area contributed by atoms with E-state index in [0.29, 0.717) is 17.4 Å². The van der Waals surface area contributed by atoms with Crippen LogP contribution in [0.3, 0.4) is 0 Å². The lowest BCUT2D eigenvalue weighted by Gasteiger charge is -2.27. The Labute approximate surface area is 531 Å². The Morgan fingerprint density at radius 1 is 0.419 bits per heavy atom. The summed E-state index contributed by atoms with van der Waals surface area (Å²) in [5, 5.41) is 3.06. The highest BCUT2D eigenvalue weighted by atomic mass is 31.2. The molecule has 9 nitrogen and oxygen atoms in total. The molecule has 3 atom stereocenters. The van der Waals surface area contributed by atoms with Crippen molar-refractivity contribution < 1.29 is 37.3 Å². The maximum Gasteiger partial charge on any atom is 0.472 e. The highest BCUT2D eigenvalue weighted by molar-refractivity contribution is 7.47. The van der Waals surface area contributed by atoms with Crippen LogP contribution >= 0.6 is 7.82 Å². The zero-order valence-electron chi connectivity index (χ0n) is 56.5. The molecule has 0 saturated carbocycles. The van der Waals surface area contributed by atoms with Crippen molar-refractivity contribution >= 4 is 19.7 Å². The van der Waals surface area contributed by atoms with E-state index in [1.54, 1.807) is 0 Å². The van der Waals surface area contributed by atoms with Crippen LogP contribution in [0.1, 0.15) is 297 Å². The summed E-state index contributed by atoms with van der Waals surface area (Å²) in [6, 6.07) is -0.869. The Morgan fingerprint density at radius 3 is 1.14 bits per heavy atom. The lowest BCUT2D eigenvalue weighted by Crippen LogP contribution is -2.47. The summed E-state index contributed by atoms with van der Waals surface area (Å²) in [5.41, 5.74) is 0. The van der Waals surface area contributed by atoms with Crippen molar-refractivity contribution in [1.29, 1.82) is 0 Å². The zero-order valence-corrected chi connectivity index (χ0v) is 57.4. The van der Waals surface area contributed by atoms with Crippen LogP contribution in [0.5, 0.6) is 0 Å². The molecule has 0 radical (unpaired) electrons. The second-order valence-corrected chi connectivity index (χ2v) is 26.1. The molecule has 0 aliphatic heterocycles. The number of ether oxygens (including phenoxy) is 1. The summed E-state index contributed by atoms with van der Waals surface area (Å²) >= 11 is 0. The van der Waals surface area contributed by atoms with Gasteiger partial charge in [0.1, 0.15) is 19.3 Å². The van der Waals surface area contributed by atoms with Crippen molar-refractivity contribution in [3.05, 3.63) is 122 Å². The summed E-state index contributed by atoms with van der Waals surface area (Å²) in [7, 11) is 1.47. The first-order valence-electron chi connectivity index (χ1n) is 35.4. The van der Waals surface area contributed by atoms with E-state index in [1.807, 2.05) is 33.3 Å². The smallest absolute Gasteiger partial charge is 0.456 e. The Kier molecular flexibility index (Phi) is 61.7. The summed E-state index contributed by atoms with van der Waals surface area (Å²) in [5.74, 6) is -0.532. The SMILES string of the molecule is CC/C=C\C/C=C\C/C=C\C/C=C\C/C=C\CCCCCCCC(=O)NC(COP(=O)(O)OCC[N+](C)(C)C)C(/C=C\CCCCCCCCCCCC)OC(=O)CCCCCCCCCCCCC/C=C\C/C=C\C/C=C\C/C=C\CCCCC. The van der Waals surface area contributed by atoms with Crippen molar-refractivity contribution in [3.63, 3.8) is 0 Å². The van der Waals surface area contributed by atoms with Gasteiger partial charge in [0.25, 0.3) is 0 Å². The van der Waals surface area contributed by atoms with Crippen molar-refractivity contribution in [2.75, 3.05) is 40.9 Å². The summed E-state index contributed by atoms with van der Waals surface area (Å²) in [6.07, 6.45) is 90.6. The van der Waals surface area contributed by atoms with Crippen LogP contribution < -0.4 is 5.32 Å². The minimum atomic E-state index is -4.47. The molecule has 0 rings (SSSR count). The molecule has 3 unspecified atom stereocenters. The monoisotopic (exact) mass is 1220 g/mol. The van der Waals surface area contributed by atoms with Crippen LogP contribution in [0, 0.1) is 0 Å². The molecule has 0 aromatic rings. The number of allylic oxidation sites excluding steroid dienone is 19. The maximum absolute atomic E-state index is 13.6. The average Bonchev–Trinajstić information content (AvgIpc) is 3.66. The Balaban J connectivity index is 5.12. The summed E-state index contributed by atoms with van der Waals surface area (Å²) < 4.78 is 30.8. The van der Waals surface area contributed by atoms with E-state index in [9.17, 15) is 19.0 Å². The van der Waals surface area contributed by atoms with Gasteiger partial charge < -0.3 is 19.4 Å². The molecule has 0 aliphatic carbocycles. The van der Waals surface area contributed by atoms with Crippen LogP contribution in [0.2, 0.25) is 0 Å². The van der Waals surface area contributed by atoms with Crippen LogP contribution in [-0.2, 0) is 27.9 Å². The molecule has 2 N–H and O–H groups in total. The zero-order chi connectivity index (χ0) is 62.8. The number of quaternary nitrogens is 1. The third-order valence-corrected chi connectivity index (χ3v) is 16.1. The molecule has 0 aliphatic rings. The third-order valence-electron chi connectivity index (χ3n) is 15.1. The average molecular weight is 1220 g/mol. The molecule has 0 spiro atoms. The lowest BCUT2D eigenvalue weighted by molar-refractivity contribution is -0.870. The minimum absolute atomic E-state index is 0.0298. The standard InChI is InChI=1S/C76H133N2O7P/c1-7-10-13-16-19-22-25-28-30-32-34-36-37-38-39-40-41-43-45-47-49-51-54-57-60-63-66-69-76(80)85-74(67-64-61-58-55-52-27-24-21-18-15-12-9-3)73(72-84-86(81,82)83-71-70-78(4,5)6)77-75(79)68-65-62-59-56-53-50-48-46-44-42-35-33-31-29-26-23-20-17-14-11-8-2/h11,14,19-20,22-23,28-31,34-36,38-39,42,46,48,64,67,73-74H,7-10,12-13,15-18,21,24-27,32-33,37,40-41,43-45,47,49-63,65-66,68-72H2,1-6H3,(H-,77,79,81,82)/p+1/b14-11-,22-19-,23-20-,30-28-,31-29-,36-34-,39-38-,42-35-,48-46-,67-64-. The summed E-state index contributed by atoms with van der Waals surface area (Å²) in [6.45, 7) is 6.86. The Morgan fingerprint density at radius 2 is 0.744 bits per heavy atom. The van der Waals surface area contributed by atoms with E-state index in [1.165, 1.54) is 135 Å². The highest BCUT2D eigenvalue weighted by Crippen LogP contribution is 2.43. The van der Waals surface area contributed by atoms with Crippen LogP contribution in [-0.4, -0.2) is 74.3 Å². The number of likely N-dealkylation sites (N-methyl/N-ethyl adjacent to an activating group) is 1. The lowest BCUT2D eigenvalue weighted by atomic mass is 10.0. The van der Waals surface area contributed by atoms with E-state index in [-0.39, 0.29) is 31.5 Å². The number of amides is 1. The van der Waals surface area contributed by atoms with Gasteiger partial charge in [-0.25, -0.2) is 4.57 Å². The Bertz CT molecular complexity index is 1890. The van der Waals surface area contributed by atoms with Gasteiger partial charge in [-0.15, -0.1) is 0 Å². The molecule has 0 saturated heterocycles. The van der Waals surface area contributed by atoms with E-state index >= 15 is 0 Å². The predicted molar refractivity (Wildman–Crippen MR) is 373 cm³/mol. The molecule has 494 valence electrons. The van der Waals surface area contributed by atoms with E-state index in [0.717, 1.165) is 128 Å². The van der Waals surface area contributed by atoms with Gasteiger partial charge in [-0.1, -0.05) is 284 Å². The fraction of sp³-hybridized carbons (Fsp3) is 0.711. The van der Waals surface area contributed by atoms with Crippen molar-refractivity contribution in [2.45, 2.75) is 309 Å². The fourth-order valence-corrected chi connectivity index (χ4v) is 10.5. The number of hydrogen-bond acceptors (Lipinski definition) is 6. The molecule has 0 bridgehead atoms. The summed E-state index contributed by atoms with van der Waals surface area (Å²) in [4.78, 5) is 37.9. The van der Waals surface area contributed by atoms with Crippen molar-refractivity contribution in [3.8, 4) is 0 Å². The second kappa shape index (κ2) is 64.4.